The topological polar surface area (TPSA) is 21.3 Å². The van der Waals surface area contributed by atoms with E-state index < -0.39 is 0 Å². The molecule has 14 rings (SSSR count). The Labute approximate surface area is 411 Å². The van der Waals surface area contributed by atoms with Crippen LogP contribution in [-0.2, 0) is 0 Å². The number of furan rings is 1. The van der Waals surface area contributed by atoms with Gasteiger partial charge in [0, 0.05) is 49.6 Å². The van der Waals surface area contributed by atoms with Gasteiger partial charge in [-0.05, 0) is 110 Å². The first kappa shape index (κ1) is 40.6. The minimum absolute atomic E-state index is 0.893. The fraction of sp³-hybridized carbons (Fsp3) is 0. The number of anilines is 3. The number of para-hydroxylation sites is 6. The van der Waals surface area contributed by atoms with Gasteiger partial charge in [-0.3, -0.25) is 0 Å². The van der Waals surface area contributed by atoms with Crippen molar-refractivity contribution in [2.45, 2.75) is 0 Å². The minimum atomic E-state index is 0.893. The second kappa shape index (κ2) is 16.7. The zero-order chi connectivity index (χ0) is 46.8. The first-order chi connectivity index (χ1) is 35.2. The molecule has 332 valence electrons. The number of rotatable bonds is 8. The van der Waals surface area contributed by atoms with E-state index in [1.54, 1.807) is 0 Å². The molecule has 0 atom stereocenters. The van der Waals surface area contributed by atoms with Crippen LogP contribution < -0.4 is 4.90 Å². The highest BCUT2D eigenvalue weighted by atomic mass is 16.3. The van der Waals surface area contributed by atoms with Gasteiger partial charge >= 0.3 is 0 Å². The number of fused-ring (bicyclic) bond motifs is 9. The van der Waals surface area contributed by atoms with Crippen molar-refractivity contribution < 1.29 is 4.42 Å². The summed E-state index contributed by atoms with van der Waals surface area (Å²) < 4.78 is 8.98. The molecular formula is C68H44N2O. The van der Waals surface area contributed by atoms with Crippen molar-refractivity contribution in [3.05, 3.63) is 267 Å². The Morgan fingerprint density at radius 1 is 0.296 bits per heavy atom. The Balaban J connectivity index is 0.866. The van der Waals surface area contributed by atoms with Gasteiger partial charge in [-0.25, -0.2) is 0 Å². The van der Waals surface area contributed by atoms with Crippen LogP contribution in [0, 0.1) is 0 Å². The molecule has 2 heterocycles. The lowest BCUT2D eigenvalue weighted by molar-refractivity contribution is 0.670. The molecule has 12 aromatic carbocycles. The van der Waals surface area contributed by atoms with Crippen LogP contribution in [0.4, 0.5) is 17.1 Å². The Hall–Kier alpha value is -9.44. The zero-order valence-corrected chi connectivity index (χ0v) is 38.7. The quantitative estimate of drug-likeness (QED) is 0.142. The van der Waals surface area contributed by atoms with Crippen LogP contribution in [-0.4, -0.2) is 4.57 Å². The lowest BCUT2D eigenvalue weighted by atomic mass is 9.95. The Bertz CT molecular complexity index is 4290. The van der Waals surface area contributed by atoms with Crippen LogP contribution in [0.3, 0.4) is 0 Å². The van der Waals surface area contributed by atoms with Crippen LogP contribution in [0.2, 0.25) is 0 Å². The van der Waals surface area contributed by atoms with Crippen molar-refractivity contribution in [2.24, 2.45) is 0 Å². The van der Waals surface area contributed by atoms with E-state index in [-0.39, 0.29) is 0 Å². The van der Waals surface area contributed by atoms with E-state index in [1.807, 2.05) is 6.07 Å². The summed E-state index contributed by atoms with van der Waals surface area (Å²) in [7, 11) is 0. The Kier molecular flexibility index (Phi) is 9.53. The SMILES string of the molecule is c1cc(-c2cccc3c2oc2ccccc23)cc(N(c2ccc(-c3ccc(-c4ccccc4-n4c5ccccc5c5ccccc54)cc3)cc2)c2ccccc2-c2ccc3c(ccc4ccccc43)c2)c1. The van der Waals surface area contributed by atoms with E-state index in [4.69, 9.17) is 4.42 Å². The van der Waals surface area contributed by atoms with Crippen molar-refractivity contribution in [3.8, 4) is 50.2 Å². The maximum atomic E-state index is 6.57. The standard InChI is InChI=1S/C68H44N2O/c1-2-18-54-47(15-1)35-36-50-43-51(39-42-55(50)54)57-20-4-8-26-63(57)69(53-17-13-16-49(44-53)58-24-14-25-62-61-23-7-12-30-67(61)71-68(58)62)52-40-37-46(38-41-52)45-31-33-48(34-32-45)56-19-3-9-27-64(56)70-65-28-10-5-21-59(65)60-22-6-11-29-66(60)70/h1-44H. The van der Waals surface area contributed by atoms with Gasteiger partial charge in [0.1, 0.15) is 11.2 Å². The maximum absolute atomic E-state index is 6.57. The van der Waals surface area contributed by atoms with Crippen molar-refractivity contribution in [2.75, 3.05) is 4.90 Å². The molecule has 0 saturated heterocycles. The molecule has 0 N–H and O–H groups in total. The molecular weight excluding hydrogens is 861 g/mol. The van der Waals surface area contributed by atoms with E-state index in [0.29, 0.717) is 0 Å². The van der Waals surface area contributed by atoms with Gasteiger partial charge in [0.15, 0.2) is 0 Å². The average Bonchev–Trinajstić information content (AvgIpc) is 4.00. The lowest BCUT2D eigenvalue weighted by Gasteiger charge is -2.28. The zero-order valence-electron chi connectivity index (χ0n) is 38.7. The summed E-state index contributed by atoms with van der Waals surface area (Å²) in [5.41, 5.74) is 17.7. The van der Waals surface area contributed by atoms with Gasteiger partial charge in [-0.15, -0.1) is 0 Å². The van der Waals surface area contributed by atoms with E-state index in [1.165, 1.54) is 54.5 Å². The fourth-order valence-corrected chi connectivity index (χ4v) is 11.0. The van der Waals surface area contributed by atoms with E-state index in [9.17, 15) is 0 Å². The smallest absolute Gasteiger partial charge is 0.143 e. The van der Waals surface area contributed by atoms with Gasteiger partial charge in [0.25, 0.3) is 0 Å². The van der Waals surface area contributed by atoms with Crippen LogP contribution in [0.5, 0.6) is 0 Å². The molecule has 0 bridgehead atoms. The monoisotopic (exact) mass is 904 g/mol. The molecule has 3 heteroatoms. The minimum Gasteiger partial charge on any atom is -0.455 e. The highest BCUT2D eigenvalue weighted by Gasteiger charge is 2.21. The third kappa shape index (κ3) is 6.82. The predicted molar refractivity (Wildman–Crippen MR) is 299 cm³/mol. The predicted octanol–water partition coefficient (Wildman–Crippen LogP) is 19.1. The molecule has 0 amide bonds. The average molecular weight is 905 g/mol. The molecule has 0 aliphatic carbocycles. The maximum Gasteiger partial charge on any atom is 0.143 e. The molecule has 0 spiro atoms. The van der Waals surface area contributed by atoms with Gasteiger partial charge < -0.3 is 13.9 Å². The second-order valence-electron chi connectivity index (χ2n) is 18.4. The van der Waals surface area contributed by atoms with E-state index >= 15 is 0 Å². The normalized spacial score (nSPS) is 11.7. The summed E-state index contributed by atoms with van der Waals surface area (Å²) in [5, 5.41) is 9.74. The number of aromatic nitrogens is 1. The number of benzene rings is 12. The van der Waals surface area contributed by atoms with Crippen molar-refractivity contribution >= 4 is 82.4 Å². The lowest BCUT2D eigenvalue weighted by Crippen LogP contribution is -2.11. The van der Waals surface area contributed by atoms with Gasteiger partial charge in [-0.1, -0.05) is 206 Å². The van der Waals surface area contributed by atoms with Crippen LogP contribution in [0.25, 0.3) is 115 Å². The van der Waals surface area contributed by atoms with Gasteiger partial charge in [0.2, 0.25) is 0 Å². The molecule has 0 unspecified atom stereocenters. The largest absolute Gasteiger partial charge is 0.455 e. The summed E-state index contributed by atoms with van der Waals surface area (Å²) in [5.74, 6) is 0. The fourth-order valence-electron chi connectivity index (χ4n) is 11.0. The Morgan fingerprint density at radius 3 is 1.65 bits per heavy atom. The van der Waals surface area contributed by atoms with Crippen molar-refractivity contribution in [1.82, 2.24) is 4.57 Å². The molecule has 71 heavy (non-hydrogen) atoms. The summed E-state index contributed by atoms with van der Waals surface area (Å²) in [6.45, 7) is 0. The molecule has 3 nitrogen and oxygen atoms in total. The molecule has 0 radical (unpaired) electrons. The molecule has 14 aromatic rings. The van der Waals surface area contributed by atoms with E-state index in [0.717, 1.165) is 78.1 Å². The highest BCUT2D eigenvalue weighted by molar-refractivity contribution is 6.12. The number of nitrogens with zero attached hydrogens (tertiary/aromatic N) is 2. The summed E-state index contributed by atoms with van der Waals surface area (Å²) >= 11 is 0. The van der Waals surface area contributed by atoms with Gasteiger partial charge in [-0.2, -0.15) is 0 Å². The molecule has 0 fully saturated rings. The molecule has 2 aromatic heterocycles. The van der Waals surface area contributed by atoms with Crippen molar-refractivity contribution in [3.63, 3.8) is 0 Å². The summed E-state index contributed by atoms with van der Waals surface area (Å²) in [6, 6.07) is 96.7. The van der Waals surface area contributed by atoms with Crippen molar-refractivity contribution in [1.29, 1.82) is 0 Å². The van der Waals surface area contributed by atoms with Gasteiger partial charge in [0.05, 0.1) is 22.4 Å². The summed E-state index contributed by atoms with van der Waals surface area (Å²) in [4.78, 5) is 2.40. The highest BCUT2D eigenvalue weighted by Crippen LogP contribution is 2.45. The molecule has 0 aliphatic rings. The molecule has 0 saturated carbocycles. The third-order valence-corrected chi connectivity index (χ3v) is 14.4. The van der Waals surface area contributed by atoms with Crippen LogP contribution >= 0.6 is 0 Å². The van der Waals surface area contributed by atoms with Crippen LogP contribution in [0.15, 0.2) is 271 Å². The summed E-state index contributed by atoms with van der Waals surface area (Å²) in [6.07, 6.45) is 0. The number of hydrogen-bond acceptors (Lipinski definition) is 2. The first-order valence-electron chi connectivity index (χ1n) is 24.3. The molecule has 0 aliphatic heterocycles. The third-order valence-electron chi connectivity index (χ3n) is 14.4. The first-order valence-corrected chi connectivity index (χ1v) is 24.3. The van der Waals surface area contributed by atoms with E-state index in [2.05, 4.69) is 270 Å². The Morgan fingerprint density at radius 2 is 0.845 bits per heavy atom. The van der Waals surface area contributed by atoms with Crippen LogP contribution in [0.1, 0.15) is 0 Å². The number of hydrogen-bond donors (Lipinski definition) is 0. The second-order valence-corrected chi connectivity index (χ2v) is 18.4.